The van der Waals surface area contributed by atoms with Crippen LogP contribution in [0.25, 0.3) is 0 Å². The second kappa shape index (κ2) is 5.26. The predicted octanol–water partition coefficient (Wildman–Crippen LogP) is 2.97. The van der Waals surface area contributed by atoms with Gasteiger partial charge in [-0.1, -0.05) is 25.3 Å². The van der Waals surface area contributed by atoms with Gasteiger partial charge in [0.15, 0.2) is 0 Å². The van der Waals surface area contributed by atoms with Gasteiger partial charge in [0.05, 0.1) is 0 Å². The highest BCUT2D eigenvalue weighted by molar-refractivity contribution is 7.91. The largest absolute Gasteiger partial charge is 0.250 e. The number of sulfonamides is 1. The van der Waals surface area contributed by atoms with Crippen LogP contribution in [0.2, 0.25) is 0 Å². The molecule has 0 aliphatic heterocycles. The first-order chi connectivity index (χ1) is 8.08. The monoisotopic (exact) mass is 293 g/mol. The van der Waals surface area contributed by atoms with Gasteiger partial charge >= 0.3 is 0 Å². The van der Waals surface area contributed by atoms with Gasteiger partial charge in [-0.3, -0.25) is 0 Å². The lowest BCUT2D eigenvalue weighted by molar-refractivity contribution is 0.298. The molecule has 0 spiro atoms. The molecule has 1 heterocycles. The van der Waals surface area contributed by atoms with Crippen LogP contribution in [0.4, 0.5) is 0 Å². The third-order valence-electron chi connectivity index (χ3n) is 3.18. The molecule has 1 saturated carbocycles. The first-order valence-electron chi connectivity index (χ1n) is 5.71. The first-order valence-corrected chi connectivity index (χ1v) is 8.61. The Kier molecular flexibility index (Phi) is 4.13. The van der Waals surface area contributed by atoms with E-state index in [4.69, 9.17) is 11.6 Å². The second-order valence-corrected chi connectivity index (χ2v) is 7.64. The van der Waals surface area contributed by atoms with Crippen molar-refractivity contribution in [3.63, 3.8) is 0 Å². The van der Waals surface area contributed by atoms with Gasteiger partial charge in [-0.05, 0) is 24.3 Å². The van der Waals surface area contributed by atoms with Crippen molar-refractivity contribution in [2.75, 3.05) is 5.88 Å². The van der Waals surface area contributed by atoms with E-state index >= 15 is 0 Å². The number of alkyl halides is 1. The van der Waals surface area contributed by atoms with E-state index in [1.807, 2.05) is 0 Å². The summed E-state index contributed by atoms with van der Waals surface area (Å²) in [6.07, 6.45) is 4.92. The van der Waals surface area contributed by atoms with Crippen molar-refractivity contribution in [1.82, 2.24) is 4.72 Å². The average Bonchev–Trinajstić information content (AvgIpc) is 2.84. The summed E-state index contributed by atoms with van der Waals surface area (Å²) in [7, 11) is -3.40. The Bertz CT molecular complexity index is 450. The molecule has 1 fully saturated rings. The van der Waals surface area contributed by atoms with Crippen LogP contribution in [-0.2, 0) is 10.0 Å². The molecule has 0 aromatic carbocycles. The third-order valence-corrected chi connectivity index (χ3v) is 6.66. The minimum atomic E-state index is -3.40. The van der Waals surface area contributed by atoms with Gasteiger partial charge in [0.2, 0.25) is 0 Å². The van der Waals surface area contributed by atoms with E-state index in [1.165, 1.54) is 17.8 Å². The number of hydrogen-bond acceptors (Lipinski definition) is 3. The van der Waals surface area contributed by atoms with Crippen LogP contribution in [0.1, 0.15) is 32.1 Å². The van der Waals surface area contributed by atoms with Gasteiger partial charge in [-0.15, -0.1) is 22.9 Å². The summed E-state index contributed by atoms with van der Waals surface area (Å²) in [6.45, 7) is 0. The van der Waals surface area contributed by atoms with Crippen molar-refractivity contribution >= 4 is 33.0 Å². The molecule has 17 heavy (non-hydrogen) atoms. The second-order valence-electron chi connectivity index (χ2n) is 4.51. The highest BCUT2D eigenvalue weighted by atomic mass is 35.5. The molecule has 0 saturated heterocycles. The summed E-state index contributed by atoms with van der Waals surface area (Å²) < 4.78 is 27.5. The highest BCUT2D eigenvalue weighted by Crippen LogP contribution is 2.31. The molecule has 1 N–H and O–H groups in total. The SMILES string of the molecule is O=S(=O)(NC1(CCl)CCCCC1)c1cccs1. The van der Waals surface area contributed by atoms with Crippen molar-refractivity contribution < 1.29 is 8.42 Å². The molecule has 0 atom stereocenters. The maximum Gasteiger partial charge on any atom is 0.250 e. The molecule has 2 rings (SSSR count). The molecule has 6 heteroatoms. The minimum Gasteiger partial charge on any atom is -0.206 e. The summed E-state index contributed by atoms with van der Waals surface area (Å²) in [5, 5.41) is 1.77. The van der Waals surface area contributed by atoms with Crippen molar-refractivity contribution in [2.24, 2.45) is 0 Å². The fourth-order valence-electron chi connectivity index (χ4n) is 2.24. The van der Waals surface area contributed by atoms with E-state index in [0.717, 1.165) is 25.7 Å². The molecule has 0 unspecified atom stereocenters. The Balaban J connectivity index is 2.19. The molecular formula is C11H16ClNO2S2. The smallest absolute Gasteiger partial charge is 0.206 e. The molecule has 1 aliphatic rings. The lowest BCUT2D eigenvalue weighted by Gasteiger charge is -2.35. The first kappa shape index (κ1) is 13.3. The molecular weight excluding hydrogens is 278 g/mol. The molecule has 1 aliphatic carbocycles. The topological polar surface area (TPSA) is 46.2 Å². The van der Waals surface area contributed by atoms with Gasteiger partial charge in [0, 0.05) is 11.4 Å². The maximum absolute atomic E-state index is 12.2. The average molecular weight is 294 g/mol. The normalized spacial score (nSPS) is 20.3. The molecule has 3 nitrogen and oxygen atoms in total. The fraction of sp³-hybridized carbons (Fsp3) is 0.636. The molecule has 0 bridgehead atoms. The van der Waals surface area contributed by atoms with Crippen LogP contribution in [0.3, 0.4) is 0 Å². The van der Waals surface area contributed by atoms with E-state index in [-0.39, 0.29) is 0 Å². The number of thiophene rings is 1. The van der Waals surface area contributed by atoms with Gasteiger partial charge in [-0.25, -0.2) is 13.1 Å². The Labute approximate surface area is 111 Å². The predicted molar refractivity (Wildman–Crippen MR) is 71.2 cm³/mol. The van der Waals surface area contributed by atoms with Crippen LogP contribution < -0.4 is 4.72 Å². The van der Waals surface area contributed by atoms with Crippen LogP contribution in [-0.4, -0.2) is 19.8 Å². The van der Waals surface area contributed by atoms with Crippen LogP contribution in [0.15, 0.2) is 21.7 Å². The lowest BCUT2D eigenvalue weighted by atomic mass is 9.84. The Hall–Kier alpha value is -0.100. The number of rotatable bonds is 4. The number of nitrogens with one attached hydrogen (secondary N) is 1. The molecule has 96 valence electrons. The standard InChI is InChI=1S/C11H16ClNO2S2/c12-9-11(6-2-1-3-7-11)13-17(14,15)10-5-4-8-16-10/h4-5,8,13H,1-3,6-7,9H2. The van der Waals surface area contributed by atoms with Gasteiger partial charge in [0.25, 0.3) is 10.0 Å². The van der Waals surface area contributed by atoms with Gasteiger partial charge < -0.3 is 0 Å². The van der Waals surface area contributed by atoms with E-state index < -0.39 is 15.6 Å². The Morgan fingerprint density at radius 2 is 2.06 bits per heavy atom. The van der Waals surface area contributed by atoms with E-state index in [9.17, 15) is 8.42 Å². The number of hydrogen-bond donors (Lipinski definition) is 1. The summed E-state index contributed by atoms with van der Waals surface area (Å²) >= 11 is 7.22. The molecule has 1 aromatic rings. The number of halogens is 1. The maximum atomic E-state index is 12.2. The zero-order valence-corrected chi connectivity index (χ0v) is 11.9. The summed E-state index contributed by atoms with van der Waals surface area (Å²) in [6, 6.07) is 3.37. The molecule has 0 radical (unpaired) electrons. The van der Waals surface area contributed by atoms with Crippen molar-refractivity contribution in [3.05, 3.63) is 17.5 Å². The van der Waals surface area contributed by atoms with Crippen molar-refractivity contribution in [2.45, 2.75) is 41.9 Å². The van der Waals surface area contributed by atoms with Crippen LogP contribution in [0, 0.1) is 0 Å². The van der Waals surface area contributed by atoms with Crippen molar-refractivity contribution in [1.29, 1.82) is 0 Å². The summed E-state index contributed by atoms with van der Waals surface area (Å²) in [4.78, 5) is 0. The summed E-state index contributed by atoms with van der Waals surface area (Å²) in [5.74, 6) is 0.345. The van der Waals surface area contributed by atoms with Gasteiger partial charge in [0.1, 0.15) is 4.21 Å². The van der Waals surface area contributed by atoms with E-state index in [2.05, 4.69) is 4.72 Å². The van der Waals surface area contributed by atoms with Crippen molar-refractivity contribution in [3.8, 4) is 0 Å². The van der Waals surface area contributed by atoms with Gasteiger partial charge in [-0.2, -0.15) is 0 Å². The zero-order valence-electron chi connectivity index (χ0n) is 9.49. The Morgan fingerprint density at radius 1 is 1.35 bits per heavy atom. The zero-order chi connectivity index (χ0) is 12.4. The molecule has 0 amide bonds. The Morgan fingerprint density at radius 3 is 2.59 bits per heavy atom. The third kappa shape index (κ3) is 3.02. The van der Waals surface area contributed by atoms with Crippen LogP contribution >= 0.6 is 22.9 Å². The lowest BCUT2D eigenvalue weighted by Crippen LogP contribution is -2.50. The summed E-state index contributed by atoms with van der Waals surface area (Å²) in [5.41, 5.74) is -0.442. The fourth-order valence-corrected chi connectivity index (χ4v) is 5.11. The minimum absolute atomic E-state index is 0.345. The van der Waals surface area contributed by atoms with E-state index in [1.54, 1.807) is 17.5 Å². The quantitative estimate of drug-likeness (QED) is 0.868. The molecule has 1 aromatic heterocycles. The van der Waals surface area contributed by atoms with Crippen LogP contribution in [0.5, 0.6) is 0 Å². The van der Waals surface area contributed by atoms with E-state index in [0.29, 0.717) is 10.1 Å². The highest BCUT2D eigenvalue weighted by Gasteiger charge is 2.35.